The molecule has 2 fully saturated rings. The second kappa shape index (κ2) is 11.3. The zero-order valence-corrected chi connectivity index (χ0v) is 23.1. The van der Waals surface area contributed by atoms with Gasteiger partial charge in [-0.2, -0.15) is 0 Å². The average Bonchev–Trinajstić information content (AvgIpc) is 3.74. The Kier molecular flexibility index (Phi) is 7.66. The number of β-amino-alcohol motifs (C(OH)–C–C–N with tert-alkyl or cyclic N) is 1. The number of likely N-dealkylation sites (tertiary alicyclic amines) is 2. The van der Waals surface area contributed by atoms with Gasteiger partial charge in [0.05, 0.1) is 19.3 Å². The molecule has 4 aliphatic rings. The molecule has 0 bridgehead atoms. The first-order valence-corrected chi connectivity index (χ1v) is 14.0. The lowest BCUT2D eigenvalue weighted by Crippen LogP contribution is -2.50. The highest BCUT2D eigenvalue weighted by molar-refractivity contribution is 6.62. The predicted molar refractivity (Wildman–Crippen MR) is 150 cm³/mol. The molecule has 2 aromatic carbocycles. The summed E-state index contributed by atoms with van der Waals surface area (Å²) in [4.78, 5) is 55.8. The molecule has 4 heterocycles. The van der Waals surface area contributed by atoms with Crippen molar-refractivity contribution in [1.82, 2.24) is 15.1 Å². The normalized spacial score (nSPS) is 24.7. The Labute approximate surface area is 242 Å². The minimum Gasteiger partial charge on any atom is -0.423 e. The molecular formula is C28H31B2N3O9. The van der Waals surface area contributed by atoms with Crippen LogP contribution in [0.1, 0.15) is 58.0 Å². The Morgan fingerprint density at radius 2 is 1.52 bits per heavy atom. The van der Waals surface area contributed by atoms with E-state index in [1.54, 1.807) is 36.4 Å². The zero-order chi connectivity index (χ0) is 29.7. The van der Waals surface area contributed by atoms with Gasteiger partial charge >= 0.3 is 14.2 Å². The number of carbonyl (C=O) groups is 4. The monoisotopic (exact) mass is 575 g/mol. The third-order valence-corrected chi connectivity index (χ3v) is 8.51. The molecular weight excluding hydrogens is 544 g/mol. The lowest BCUT2D eigenvalue weighted by atomic mass is 9.78. The van der Waals surface area contributed by atoms with Gasteiger partial charge in [-0.1, -0.05) is 12.1 Å². The van der Waals surface area contributed by atoms with Crippen LogP contribution in [0.5, 0.6) is 0 Å². The number of Topliss-reactive ketones (excluding diaryl/α,β-unsaturated/α-hetero) is 1. The first kappa shape index (κ1) is 28.6. The van der Waals surface area contributed by atoms with E-state index in [4.69, 9.17) is 9.31 Å². The van der Waals surface area contributed by atoms with Crippen molar-refractivity contribution in [3.05, 3.63) is 58.7 Å². The van der Waals surface area contributed by atoms with Crippen LogP contribution in [0.25, 0.3) is 0 Å². The van der Waals surface area contributed by atoms with Crippen LogP contribution in [0.4, 0.5) is 0 Å². The number of hydrogen-bond donors (Lipinski definition) is 4. The van der Waals surface area contributed by atoms with Crippen molar-refractivity contribution in [2.45, 2.75) is 63.6 Å². The highest BCUT2D eigenvalue weighted by Gasteiger charge is 2.46. The molecule has 218 valence electrons. The summed E-state index contributed by atoms with van der Waals surface area (Å²) in [5.74, 6) is -1.38. The number of aliphatic hydroxyl groups excluding tert-OH is 1. The summed E-state index contributed by atoms with van der Waals surface area (Å²) in [6.45, 7) is 2.00. The molecule has 3 amide bonds. The zero-order valence-electron chi connectivity index (χ0n) is 23.1. The summed E-state index contributed by atoms with van der Waals surface area (Å²) in [6.07, 6.45) is -0.289. The lowest BCUT2D eigenvalue weighted by Gasteiger charge is -2.31. The van der Waals surface area contributed by atoms with Crippen LogP contribution in [0, 0.1) is 0 Å². The molecule has 12 nitrogen and oxygen atoms in total. The van der Waals surface area contributed by atoms with Gasteiger partial charge in [-0.3, -0.25) is 19.2 Å². The van der Waals surface area contributed by atoms with Gasteiger partial charge in [-0.25, -0.2) is 0 Å². The molecule has 0 aromatic heterocycles. The van der Waals surface area contributed by atoms with Gasteiger partial charge in [0.25, 0.3) is 11.8 Å². The Morgan fingerprint density at radius 1 is 0.905 bits per heavy atom. The molecule has 0 radical (unpaired) electrons. The van der Waals surface area contributed by atoms with Crippen LogP contribution in [0.2, 0.25) is 0 Å². The number of ketones is 1. The number of benzene rings is 2. The number of hydrogen-bond acceptors (Lipinski definition) is 9. The van der Waals surface area contributed by atoms with E-state index in [0.29, 0.717) is 16.5 Å². The fraction of sp³-hybridized carbons (Fsp3) is 0.429. The van der Waals surface area contributed by atoms with Crippen LogP contribution in [-0.2, 0) is 32.1 Å². The van der Waals surface area contributed by atoms with Gasteiger partial charge in [0.2, 0.25) is 5.91 Å². The fourth-order valence-corrected chi connectivity index (χ4v) is 6.42. The maximum atomic E-state index is 13.9. The summed E-state index contributed by atoms with van der Waals surface area (Å²) < 4.78 is 10.5. The number of nitrogens with zero attached hydrogens (tertiary/aromatic N) is 2. The minimum atomic E-state index is -1.15. The molecule has 2 saturated heterocycles. The van der Waals surface area contributed by atoms with Crippen LogP contribution in [0.3, 0.4) is 0 Å². The third kappa shape index (κ3) is 5.36. The SMILES string of the molecule is CC(=O)C[C@@H]1CC(O)CN1C(=O)[C@@H]1C[C@@H](NC(=O)c2ccc3c(c2)B(O)OC3)CN1C(=O)c1ccc2c(c1)B(O)OC2. The summed E-state index contributed by atoms with van der Waals surface area (Å²) >= 11 is 0. The van der Waals surface area contributed by atoms with Gasteiger partial charge in [0, 0.05) is 42.7 Å². The van der Waals surface area contributed by atoms with E-state index >= 15 is 0 Å². The van der Waals surface area contributed by atoms with E-state index in [1.807, 2.05) is 0 Å². The van der Waals surface area contributed by atoms with Gasteiger partial charge in [0.15, 0.2) is 0 Å². The molecule has 6 rings (SSSR count). The Bertz CT molecular complexity index is 1460. The van der Waals surface area contributed by atoms with Crippen molar-refractivity contribution in [2.24, 2.45) is 0 Å². The van der Waals surface area contributed by atoms with Crippen molar-refractivity contribution < 1.29 is 43.6 Å². The van der Waals surface area contributed by atoms with Crippen molar-refractivity contribution in [1.29, 1.82) is 0 Å². The molecule has 1 unspecified atom stereocenters. The number of aliphatic hydroxyl groups is 1. The smallest absolute Gasteiger partial charge is 0.423 e. The van der Waals surface area contributed by atoms with E-state index in [1.165, 1.54) is 16.7 Å². The highest BCUT2D eigenvalue weighted by Crippen LogP contribution is 2.28. The standard InChI is InChI=1S/C28H31B2N3O9/c1-15(34)6-21-10-22(35)12-32(21)28(38)25-9-20(31-26(36)16-2-4-18-13-41-29(39)23(18)7-16)11-33(25)27(37)17-3-5-19-14-42-30(40)24(19)8-17/h2-5,7-8,20-22,25,35,39-40H,6,9-14H2,1H3,(H,31,36)/t20-,21-,22?,25+/m1/s1. The molecule has 14 heteroatoms. The molecule has 0 spiro atoms. The van der Waals surface area contributed by atoms with Gasteiger partial charge in [-0.05, 0) is 66.1 Å². The maximum Gasteiger partial charge on any atom is 0.491 e. The fourth-order valence-electron chi connectivity index (χ4n) is 6.42. The topological polar surface area (TPSA) is 166 Å². The maximum absolute atomic E-state index is 13.9. The minimum absolute atomic E-state index is 0.0432. The lowest BCUT2D eigenvalue weighted by molar-refractivity contribution is -0.137. The summed E-state index contributed by atoms with van der Waals surface area (Å²) in [5.41, 5.74) is 3.13. The number of rotatable bonds is 6. The summed E-state index contributed by atoms with van der Waals surface area (Å²) in [6, 6.07) is 7.78. The molecule has 42 heavy (non-hydrogen) atoms. The summed E-state index contributed by atoms with van der Waals surface area (Å²) in [7, 11) is -2.25. The van der Waals surface area contributed by atoms with E-state index in [9.17, 15) is 34.3 Å². The van der Waals surface area contributed by atoms with E-state index in [-0.39, 0.29) is 56.9 Å². The number of amides is 3. The second-order valence-corrected chi connectivity index (χ2v) is 11.5. The van der Waals surface area contributed by atoms with Crippen molar-refractivity contribution in [3.8, 4) is 0 Å². The molecule has 2 aromatic rings. The van der Waals surface area contributed by atoms with Gasteiger partial charge < -0.3 is 39.6 Å². The number of nitrogens with one attached hydrogen (secondary N) is 1. The Hall–Kier alpha value is -3.55. The largest absolute Gasteiger partial charge is 0.491 e. The quantitative estimate of drug-likeness (QED) is 0.287. The highest BCUT2D eigenvalue weighted by atomic mass is 16.5. The molecule has 4 N–H and O–H groups in total. The van der Waals surface area contributed by atoms with Gasteiger partial charge in [-0.15, -0.1) is 0 Å². The van der Waals surface area contributed by atoms with E-state index in [0.717, 1.165) is 11.1 Å². The molecule has 0 saturated carbocycles. The first-order valence-electron chi connectivity index (χ1n) is 14.0. The predicted octanol–water partition coefficient (Wildman–Crippen LogP) is -1.92. The van der Waals surface area contributed by atoms with Crippen LogP contribution >= 0.6 is 0 Å². The molecule has 4 atom stereocenters. The van der Waals surface area contributed by atoms with E-state index < -0.39 is 56.2 Å². The average molecular weight is 575 g/mol. The van der Waals surface area contributed by atoms with Crippen LogP contribution in [0.15, 0.2) is 36.4 Å². The van der Waals surface area contributed by atoms with Crippen LogP contribution < -0.4 is 16.2 Å². The van der Waals surface area contributed by atoms with E-state index in [2.05, 4.69) is 5.32 Å². The number of fused-ring (bicyclic) bond motifs is 2. The summed E-state index contributed by atoms with van der Waals surface area (Å²) in [5, 5.41) is 33.4. The Morgan fingerprint density at radius 3 is 2.17 bits per heavy atom. The van der Waals surface area contributed by atoms with Crippen molar-refractivity contribution in [3.63, 3.8) is 0 Å². The van der Waals surface area contributed by atoms with Crippen molar-refractivity contribution >= 4 is 48.7 Å². The Balaban J connectivity index is 1.26. The first-order chi connectivity index (χ1) is 20.1. The van der Waals surface area contributed by atoms with Gasteiger partial charge in [0.1, 0.15) is 11.8 Å². The van der Waals surface area contributed by atoms with Crippen LogP contribution in [-0.4, -0.2) is 100 Å². The third-order valence-electron chi connectivity index (χ3n) is 8.51. The second-order valence-electron chi connectivity index (χ2n) is 11.5. The molecule has 4 aliphatic heterocycles. The molecule has 0 aliphatic carbocycles. The van der Waals surface area contributed by atoms with Crippen molar-refractivity contribution in [2.75, 3.05) is 13.1 Å². The number of carbonyl (C=O) groups excluding carboxylic acids is 4.